The summed E-state index contributed by atoms with van der Waals surface area (Å²) in [5.74, 6) is -1.02. The summed E-state index contributed by atoms with van der Waals surface area (Å²) in [6.45, 7) is 7.60. The number of hydrogen-bond acceptors (Lipinski definition) is 11. The van der Waals surface area contributed by atoms with Crippen molar-refractivity contribution in [2.24, 2.45) is 5.73 Å². The molecule has 8 rings (SSSR count). The number of allylic oxidation sites excluding steroid dienone is 1. The van der Waals surface area contributed by atoms with Crippen molar-refractivity contribution in [2.45, 2.75) is 27.1 Å². The van der Waals surface area contributed by atoms with Gasteiger partial charge in [0.05, 0.1) is 0 Å². The number of benzene rings is 2. The van der Waals surface area contributed by atoms with E-state index < -0.39 is 13.1 Å². The fraction of sp³-hybridized carbons (Fsp3) is 0.196. The molecule has 0 aliphatic heterocycles. The van der Waals surface area contributed by atoms with Gasteiger partial charge in [0, 0.05) is 112 Å². The number of amides is 1. The lowest BCUT2D eigenvalue weighted by Gasteiger charge is -2.07. The number of aromatic nitrogens is 6. The predicted octanol–water partition coefficient (Wildman–Crippen LogP) is 9.31. The fourth-order valence-electron chi connectivity index (χ4n) is 6.31. The average molecular weight is 1070 g/mol. The molecule has 0 aliphatic rings. The lowest BCUT2D eigenvalue weighted by molar-refractivity contribution is -0.131. The lowest BCUT2D eigenvalue weighted by Crippen LogP contribution is -2.12. The van der Waals surface area contributed by atoms with Crippen LogP contribution in [0.15, 0.2) is 145 Å². The van der Waals surface area contributed by atoms with Crippen LogP contribution < -0.4 is 16.8 Å². The lowest BCUT2D eigenvalue weighted by atomic mass is 9.87. The van der Waals surface area contributed by atoms with Gasteiger partial charge in [-0.1, -0.05) is 42.5 Å². The number of halogens is 3. The Morgan fingerprint density at radius 3 is 1.59 bits per heavy atom. The number of H-pyrrole nitrogens is 3. The molecule has 0 atom stereocenters. The largest absolute Gasteiger partial charge is 0.478 e. The number of aryl methyl sites for hydroxylation is 3. The molecule has 0 saturated heterocycles. The molecule has 0 fully saturated rings. The van der Waals surface area contributed by atoms with E-state index in [1.165, 1.54) is 34.4 Å². The summed E-state index contributed by atoms with van der Waals surface area (Å²) in [6.07, 6.45) is 20.5. The maximum absolute atomic E-state index is 12.0. The van der Waals surface area contributed by atoms with E-state index in [0.717, 1.165) is 78.4 Å². The van der Waals surface area contributed by atoms with E-state index in [1.807, 2.05) is 124 Å². The highest BCUT2D eigenvalue weighted by Gasteiger charge is 2.08. The molecule has 2 aromatic carbocycles. The molecule has 0 saturated carbocycles. The van der Waals surface area contributed by atoms with Crippen molar-refractivity contribution < 1.29 is 24.7 Å². The normalized spacial score (nSPS) is 10.7. The van der Waals surface area contributed by atoms with Crippen LogP contribution >= 0.6 is 40.7 Å². The van der Waals surface area contributed by atoms with E-state index in [1.54, 1.807) is 18.3 Å². The maximum Gasteiger partial charge on any atom is 0.455 e. The van der Waals surface area contributed by atoms with Gasteiger partial charge in [-0.2, -0.15) is 0 Å². The van der Waals surface area contributed by atoms with Crippen molar-refractivity contribution in [3.8, 4) is 22.3 Å². The standard InChI is InChI=1S/C20H22N4O.C14H13N3.C8H7BrN2.C6H11NO2.C3H8BNO2.2ClH/c1-14-12-21-20-18(14)11-16(13-22-20)15-6-4-7-17(10-15)23-19(25)8-5-9-24(2)3;1-9-7-16-14-13(9)6-11(8-17-14)10-3-2-4-12(15)5-10;1-5-3-10-8-7(5)2-6(9)4-11-8;1-7(2)5-3-4-6(8)9;5-3-1-2-4(6)7;;/h4-8,10-13H,9H2,1-3H3,(H,21,22)(H,23,25);2-8H,15H2,1H3,(H,16,17);2-4H,1H3,(H,10,11);3-4H,5H2,1-2H3,(H,8,9);1,3,6-7H,2,5H2;2*1H/b8-5+;;;4-3+;3-1+;;. The maximum atomic E-state index is 12.0. The zero-order valence-corrected chi connectivity index (χ0v) is 43.9. The molecule has 20 heteroatoms. The van der Waals surface area contributed by atoms with Gasteiger partial charge >= 0.3 is 13.1 Å². The van der Waals surface area contributed by atoms with Crippen molar-refractivity contribution in [3.05, 3.63) is 162 Å². The average Bonchev–Trinajstić information content (AvgIpc) is 4.00. The highest BCUT2D eigenvalue weighted by Crippen LogP contribution is 2.27. The van der Waals surface area contributed by atoms with Crippen molar-refractivity contribution >= 4 is 104 Å². The highest BCUT2D eigenvalue weighted by molar-refractivity contribution is 9.10. The molecule has 1 amide bonds. The summed E-state index contributed by atoms with van der Waals surface area (Å²) < 4.78 is 1.02. The Balaban J connectivity index is 0.000000327. The summed E-state index contributed by atoms with van der Waals surface area (Å²) in [5, 5.41) is 30.7. The highest BCUT2D eigenvalue weighted by atomic mass is 79.9. The van der Waals surface area contributed by atoms with E-state index in [0.29, 0.717) is 6.54 Å². The number of carboxylic acid groups (broad SMARTS) is 1. The number of nitrogens with two attached hydrogens (primary N) is 2. The minimum absolute atomic E-state index is 0. The smallest absolute Gasteiger partial charge is 0.455 e. The number of aromatic amines is 3. The minimum atomic E-state index is -1.26. The van der Waals surface area contributed by atoms with Crippen LogP contribution in [0.3, 0.4) is 0 Å². The second-order valence-corrected chi connectivity index (χ2v) is 17.1. The van der Waals surface area contributed by atoms with Crippen LogP contribution in [-0.4, -0.2) is 115 Å². The van der Waals surface area contributed by atoms with Crippen LogP contribution in [0.4, 0.5) is 11.4 Å². The number of nitrogens with one attached hydrogen (secondary N) is 4. The van der Waals surface area contributed by atoms with Crippen LogP contribution in [0.2, 0.25) is 6.32 Å². The quantitative estimate of drug-likeness (QED) is 0.0334. The number of carbonyl (C=O) groups is 2. The molecule has 11 N–H and O–H groups in total. The van der Waals surface area contributed by atoms with Gasteiger partial charge in [0.25, 0.3) is 0 Å². The second-order valence-electron chi connectivity index (χ2n) is 16.2. The molecule has 16 nitrogen and oxygen atoms in total. The summed E-state index contributed by atoms with van der Waals surface area (Å²) >= 11 is 3.37. The first-order chi connectivity index (χ1) is 32.9. The Bertz CT molecular complexity index is 3010. The van der Waals surface area contributed by atoms with Gasteiger partial charge in [0.2, 0.25) is 5.91 Å². The Morgan fingerprint density at radius 2 is 1.14 bits per heavy atom. The molecule has 71 heavy (non-hydrogen) atoms. The molecule has 0 spiro atoms. The number of carbonyl (C=O) groups excluding carboxylic acids is 1. The summed E-state index contributed by atoms with van der Waals surface area (Å²) in [6, 6.07) is 22.0. The third-order valence-corrected chi connectivity index (χ3v) is 10.3. The third kappa shape index (κ3) is 20.6. The number of anilines is 2. The number of aliphatic carboxylic acids is 1. The number of rotatable bonds is 11. The van der Waals surface area contributed by atoms with E-state index in [2.05, 4.69) is 90.1 Å². The summed E-state index contributed by atoms with van der Waals surface area (Å²) in [4.78, 5) is 48.2. The third-order valence-electron chi connectivity index (χ3n) is 9.82. The van der Waals surface area contributed by atoms with Crippen molar-refractivity contribution in [2.75, 3.05) is 52.3 Å². The van der Waals surface area contributed by atoms with Gasteiger partial charge in [-0.05, 0) is 141 Å². The number of carboxylic acids is 1. The second kappa shape index (κ2) is 30.8. The summed E-state index contributed by atoms with van der Waals surface area (Å²) in [7, 11) is 6.42. The first-order valence-corrected chi connectivity index (χ1v) is 22.6. The van der Waals surface area contributed by atoms with Crippen LogP contribution in [-0.2, 0) is 9.59 Å². The molecule has 0 bridgehead atoms. The van der Waals surface area contributed by atoms with Gasteiger partial charge in [0.15, 0.2) is 0 Å². The van der Waals surface area contributed by atoms with E-state index in [9.17, 15) is 9.59 Å². The van der Waals surface area contributed by atoms with Gasteiger partial charge in [-0.3, -0.25) is 4.79 Å². The van der Waals surface area contributed by atoms with Gasteiger partial charge < -0.3 is 56.7 Å². The molecule has 6 heterocycles. The predicted molar refractivity (Wildman–Crippen MR) is 300 cm³/mol. The number of nitrogen functional groups attached to an aromatic ring is 1. The molecular weight excluding hydrogens is 1010 g/mol. The molecule has 376 valence electrons. The van der Waals surface area contributed by atoms with E-state index in [-0.39, 0.29) is 37.0 Å². The molecule has 0 aliphatic carbocycles. The molecular formula is C51H63BBrCl2N11O5. The monoisotopic (exact) mass is 1070 g/mol. The van der Waals surface area contributed by atoms with Crippen molar-refractivity contribution in [3.63, 3.8) is 0 Å². The van der Waals surface area contributed by atoms with Crippen molar-refractivity contribution in [1.29, 1.82) is 0 Å². The molecule has 6 aromatic heterocycles. The van der Waals surface area contributed by atoms with Crippen molar-refractivity contribution in [1.82, 2.24) is 39.7 Å². The molecule has 0 unspecified atom stereocenters. The SMILES string of the molecule is CN(C)C/C=C/C(=O)O.Cc1c[nH]c2ncc(-c3cccc(N)c3)cc12.Cc1c[nH]c2ncc(-c3cccc(NC(=O)/C=C/CN(C)C)c3)cc12.Cc1c[nH]c2ncc(Br)cc12.Cl.Cl.N/C=C/CB(O)O. The Hall–Kier alpha value is -6.77. The number of pyridine rings is 3. The minimum Gasteiger partial charge on any atom is -0.478 e. The molecule has 8 aromatic rings. The zero-order valence-electron chi connectivity index (χ0n) is 40.7. The van der Waals surface area contributed by atoms with Gasteiger partial charge in [-0.25, -0.2) is 19.7 Å². The Kier molecular flexibility index (Phi) is 26.1. The number of fused-ring (bicyclic) bond motifs is 3. The van der Waals surface area contributed by atoms with E-state index >= 15 is 0 Å². The Labute approximate surface area is 435 Å². The number of likely N-dealkylation sites (N-methyl/N-ethyl adjacent to an activating group) is 2. The van der Waals surface area contributed by atoms with Crippen LogP contribution in [0.5, 0.6) is 0 Å². The first-order valence-electron chi connectivity index (χ1n) is 21.8. The molecule has 0 radical (unpaired) electrons. The first kappa shape index (κ1) is 60.4. The van der Waals surface area contributed by atoms with Crippen LogP contribution in [0, 0.1) is 20.8 Å². The summed E-state index contributed by atoms with van der Waals surface area (Å²) in [5.41, 5.74) is 22.8. The Morgan fingerprint density at radius 1 is 0.676 bits per heavy atom. The number of hydrogen-bond donors (Lipinski definition) is 9. The van der Waals surface area contributed by atoms with Crippen LogP contribution in [0.25, 0.3) is 55.4 Å². The van der Waals surface area contributed by atoms with Crippen LogP contribution in [0.1, 0.15) is 16.7 Å². The van der Waals surface area contributed by atoms with E-state index in [4.69, 9.17) is 26.6 Å². The van der Waals surface area contributed by atoms with Gasteiger partial charge in [-0.15, -0.1) is 24.8 Å². The zero-order chi connectivity index (χ0) is 50.5. The fourth-order valence-corrected chi connectivity index (χ4v) is 6.64. The van der Waals surface area contributed by atoms with Gasteiger partial charge in [0.1, 0.15) is 16.9 Å². The topological polar surface area (TPSA) is 251 Å². The number of nitrogens with zero attached hydrogens (tertiary/aromatic N) is 5.